The van der Waals surface area contributed by atoms with Gasteiger partial charge in [0.1, 0.15) is 0 Å². The number of fused-ring (bicyclic) bond motifs is 1. The molecule has 1 nitrogen and oxygen atoms in total. The number of allylic oxidation sites excluding steroid dienone is 5. The van der Waals surface area contributed by atoms with E-state index < -0.39 is 0 Å². The normalized spacial score (nSPS) is 39.7. The summed E-state index contributed by atoms with van der Waals surface area (Å²) in [5.74, 6) is 3.88. The predicted molar refractivity (Wildman–Crippen MR) is 121 cm³/mol. The third kappa shape index (κ3) is 4.84. The summed E-state index contributed by atoms with van der Waals surface area (Å²) in [6.07, 6.45) is 20.6. The molecule has 28 heavy (non-hydrogen) atoms. The van der Waals surface area contributed by atoms with Crippen molar-refractivity contribution in [2.75, 3.05) is 0 Å². The van der Waals surface area contributed by atoms with Crippen molar-refractivity contribution in [3.8, 4) is 0 Å². The van der Waals surface area contributed by atoms with Crippen LogP contribution in [0.5, 0.6) is 0 Å². The standard InChI is InChI=1S/C27H44O/c1-19(2)8-6-9-21(4)25-15-16-26-22(10-7-17-27(25,26)5)12-13-23-18-24(28)14-11-20(23)3/h7,10,12-13,19-21,24-26,28H,6,8-9,11,14-18H2,1-5H3/b22-12+,23-13-/t20?,21-,24+,25-,26+,27-/m1/s1. The average molecular weight is 385 g/mol. The van der Waals surface area contributed by atoms with Crippen molar-refractivity contribution in [2.24, 2.45) is 35.0 Å². The number of aliphatic hydroxyl groups excluding tert-OH is 1. The highest BCUT2D eigenvalue weighted by molar-refractivity contribution is 5.35. The lowest BCUT2D eigenvalue weighted by molar-refractivity contribution is 0.123. The quantitative estimate of drug-likeness (QED) is 0.503. The van der Waals surface area contributed by atoms with E-state index >= 15 is 0 Å². The molecule has 0 bridgehead atoms. The van der Waals surface area contributed by atoms with Crippen molar-refractivity contribution in [1.29, 1.82) is 0 Å². The molecule has 3 aliphatic rings. The molecule has 3 aliphatic carbocycles. The molecular weight excluding hydrogens is 340 g/mol. The first-order valence-corrected chi connectivity index (χ1v) is 12.1. The molecule has 0 heterocycles. The Labute approximate surface area is 174 Å². The van der Waals surface area contributed by atoms with Crippen LogP contribution in [0.25, 0.3) is 0 Å². The van der Waals surface area contributed by atoms with Gasteiger partial charge in [0, 0.05) is 0 Å². The van der Waals surface area contributed by atoms with Crippen LogP contribution < -0.4 is 0 Å². The zero-order chi connectivity index (χ0) is 20.3. The van der Waals surface area contributed by atoms with Gasteiger partial charge in [-0.25, -0.2) is 0 Å². The molecule has 0 aromatic rings. The van der Waals surface area contributed by atoms with E-state index in [1.54, 1.807) is 5.57 Å². The molecule has 0 saturated heterocycles. The summed E-state index contributed by atoms with van der Waals surface area (Å²) in [7, 11) is 0. The van der Waals surface area contributed by atoms with Crippen molar-refractivity contribution >= 4 is 0 Å². The highest BCUT2D eigenvalue weighted by atomic mass is 16.3. The summed E-state index contributed by atoms with van der Waals surface area (Å²) < 4.78 is 0. The Kier molecular flexibility index (Phi) is 7.29. The van der Waals surface area contributed by atoms with Crippen LogP contribution >= 0.6 is 0 Å². The van der Waals surface area contributed by atoms with Gasteiger partial charge in [-0.05, 0) is 79.1 Å². The Morgan fingerprint density at radius 2 is 1.89 bits per heavy atom. The minimum absolute atomic E-state index is 0.129. The maximum Gasteiger partial charge on any atom is 0.0577 e. The summed E-state index contributed by atoms with van der Waals surface area (Å²) in [5.41, 5.74) is 3.43. The van der Waals surface area contributed by atoms with Crippen LogP contribution in [0.3, 0.4) is 0 Å². The summed E-state index contributed by atoms with van der Waals surface area (Å²) >= 11 is 0. The summed E-state index contributed by atoms with van der Waals surface area (Å²) in [5, 5.41) is 10.1. The number of rotatable bonds is 6. The van der Waals surface area contributed by atoms with Crippen LogP contribution in [-0.4, -0.2) is 11.2 Å². The van der Waals surface area contributed by atoms with Crippen molar-refractivity contribution < 1.29 is 5.11 Å². The second-order valence-corrected chi connectivity index (χ2v) is 10.9. The van der Waals surface area contributed by atoms with Crippen LogP contribution in [0.2, 0.25) is 0 Å². The van der Waals surface area contributed by atoms with Crippen molar-refractivity contribution in [3.63, 3.8) is 0 Å². The SMILES string of the molecule is CC(C)CCC[C@@H](C)[C@H]1CC[C@H]2/C(=C/C=C3/C[C@@H](O)CCC3C)C=CC[C@]12C. The molecule has 6 atom stereocenters. The van der Waals surface area contributed by atoms with Gasteiger partial charge in [-0.2, -0.15) is 0 Å². The fraction of sp³-hybridized carbons (Fsp3) is 0.778. The lowest BCUT2D eigenvalue weighted by Crippen LogP contribution is -2.34. The molecular formula is C27H44O. The van der Waals surface area contributed by atoms with Crippen LogP contribution in [0.4, 0.5) is 0 Å². The number of hydrogen-bond acceptors (Lipinski definition) is 1. The van der Waals surface area contributed by atoms with E-state index in [4.69, 9.17) is 0 Å². The van der Waals surface area contributed by atoms with Crippen molar-refractivity contribution in [3.05, 3.63) is 35.5 Å². The van der Waals surface area contributed by atoms with E-state index in [9.17, 15) is 5.11 Å². The van der Waals surface area contributed by atoms with E-state index in [2.05, 4.69) is 58.9 Å². The lowest BCUT2D eigenvalue weighted by atomic mass is 9.62. The van der Waals surface area contributed by atoms with Crippen LogP contribution in [0.15, 0.2) is 35.5 Å². The zero-order valence-corrected chi connectivity index (χ0v) is 19.1. The van der Waals surface area contributed by atoms with Gasteiger partial charge in [-0.15, -0.1) is 0 Å². The average Bonchev–Trinajstić information content (AvgIpc) is 2.99. The second kappa shape index (κ2) is 9.33. The van der Waals surface area contributed by atoms with Gasteiger partial charge in [0.25, 0.3) is 0 Å². The first-order valence-electron chi connectivity index (χ1n) is 12.1. The first-order chi connectivity index (χ1) is 13.3. The maximum absolute atomic E-state index is 10.1. The van der Waals surface area contributed by atoms with E-state index in [-0.39, 0.29) is 6.10 Å². The highest BCUT2D eigenvalue weighted by Crippen LogP contribution is 2.58. The molecule has 1 N–H and O–H groups in total. The fourth-order valence-corrected chi connectivity index (χ4v) is 6.46. The Bertz CT molecular complexity index is 610. The van der Waals surface area contributed by atoms with Gasteiger partial charge < -0.3 is 5.11 Å². The van der Waals surface area contributed by atoms with Crippen molar-refractivity contribution in [1.82, 2.24) is 0 Å². The van der Waals surface area contributed by atoms with E-state index in [0.717, 1.165) is 42.9 Å². The fourth-order valence-electron chi connectivity index (χ4n) is 6.46. The van der Waals surface area contributed by atoms with Crippen molar-refractivity contribution in [2.45, 2.75) is 98.5 Å². The number of hydrogen-bond donors (Lipinski definition) is 1. The molecule has 0 aromatic heterocycles. The first kappa shape index (κ1) is 21.9. The molecule has 0 radical (unpaired) electrons. The van der Waals surface area contributed by atoms with E-state index in [1.165, 1.54) is 44.1 Å². The van der Waals surface area contributed by atoms with Crippen LogP contribution in [0.1, 0.15) is 92.4 Å². The molecule has 0 aromatic carbocycles. The summed E-state index contributed by atoms with van der Waals surface area (Å²) in [6.45, 7) is 12.1. The molecule has 2 fully saturated rings. The third-order valence-electron chi connectivity index (χ3n) is 8.33. The molecule has 0 spiro atoms. The lowest BCUT2D eigenvalue weighted by Gasteiger charge is -2.42. The Hall–Kier alpha value is -0.820. The van der Waals surface area contributed by atoms with Gasteiger partial charge in [0.05, 0.1) is 6.10 Å². The van der Waals surface area contributed by atoms with E-state index in [0.29, 0.717) is 11.3 Å². The minimum Gasteiger partial charge on any atom is -0.393 e. The zero-order valence-electron chi connectivity index (χ0n) is 19.1. The Morgan fingerprint density at radius 3 is 2.64 bits per heavy atom. The largest absolute Gasteiger partial charge is 0.393 e. The van der Waals surface area contributed by atoms with E-state index in [1.807, 2.05) is 0 Å². The third-order valence-corrected chi connectivity index (χ3v) is 8.33. The summed E-state index contributed by atoms with van der Waals surface area (Å²) in [4.78, 5) is 0. The Morgan fingerprint density at radius 1 is 1.11 bits per heavy atom. The predicted octanol–water partition coefficient (Wildman–Crippen LogP) is 7.47. The van der Waals surface area contributed by atoms with Gasteiger partial charge in [-0.3, -0.25) is 0 Å². The topological polar surface area (TPSA) is 20.2 Å². The molecule has 3 rings (SSSR count). The highest BCUT2D eigenvalue weighted by Gasteiger charge is 2.49. The molecule has 0 amide bonds. The molecule has 0 aliphatic heterocycles. The second-order valence-electron chi connectivity index (χ2n) is 10.9. The van der Waals surface area contributed by atoms with Crippen LogP contribution in [0, 0.1) is 35.0 Å². The Balaban J connectivity index is 1.71. The van der Waals surface area contributed by atoms with Gasteiger partial charge in [0.15, 0.2) is 0 Å². The maximum atomic E-state index is 10.1. The van der Waals surface area contributed by atoms with Gasteiger partial charge in [-0.1, -0.05) is 83.8 Å². The molecule has 2 saturated carbocycles. The monoisotopic (exact) mass is 384 g/mol. The molecule has 158 valence electrons. The number of aliphatic hydroxyl groups is 1. The molecule has 1 unspecified atom stereocenters. The van der Waals surface area contributed by atoms with Gasteiger partial charge in [0.2, 0.25) is 0 Å². The smallest absolute Gasteiger partial charge is 0.0577 e. The summed E-state index contributed by atoms with van der Waals surface area (Å²) in [6, 6.07) is 0. The van der Waals surface area contributed by atoms with Gasteiger partial charge >= 0.3 is 0 Å². The van der Waals surface area contributed by atoms with Crippen LogP contribution in [-0.2, 0) is 0 Å². The minimum atomic E-state index is -0.129. The molecule has 1 heteroatoms.